The molecule has 0 bridgehead atoms. The lowest BCUT2D eigenvalue weighted by atomic mass is 9.92. The topological polar surface area (TPSA) is 91.4 Å². The van der Waals surface area contributed by atoms with Gasteiger partial charge in [-0.2, -0.15) is 5.26 Å². The highest BCUT2D eigenvalue weighted by Gasteiger charge is 2.21. The molecule has 0 aliphatic carbocycles. The Labute approximate surface area is 207 Å². The predicted molar refractivity (Wildman–Crippen MR) is 133 cm³/mol. The Balaban J connectivity index is 1.55. The zero-order valence-corrected chi connectivity index (χ0v) is 19.6. The van der Waals surface area contributed by atoms with Crippen molar-refractivity contribution in [2.75, 3.05) is 7.05 Å². The maximum Gasteiger partial charge on any atom is 0.407 e. The Bertz CT molecular complexity index is 1550. The molecule has 4 aromatic rings. The van der Waals surface area contributed by atoms with E-state index in [2.05, 4.69) is 11.1 Å². The van der Waals surface area contributed by atoms with Gasteiger partial charge in [0.15, 0.2) is 0 Å². The second-order valence-corrected chi connectivity index (χ2v) is 8.64. The van der Waals surface area contributed by atoms with Crippen LogP contribution < -0.4 is 4.74 Å². The van der Waals surface area contributed by atoms with Crippen molar-refractivity contribution in [1.82, 2.24) is 14.5 Å². The van der Waals surface area contributed by atoms with Crippen LogP contribution in [0.3, 0.4) is 0 Å². The fraction of sp³-hybridized carbons (Fsp3) is 0.179. The van der Waals surface area contributed by atoms with Gasteiger partial charge in [-0.3, -0.25) is 0 Å². The van der Waals surface area contributed by atoms with E-state index in [0.29, 0.717) is 18.1 Å². The fourth-order valence-corrected chi connectivity index (χ4v) is 4.52. The molecular weight excluding hydrogens is 459 g/mol. The van der Waals surface area contributed by atoms with Crippen molar-refractivity contribution in [2.24, 2.45) is 0 Å². The molecule has 2 heterocycles. The van der Waals surface area contributed by atoms with Crippen LogP contribution in [0.15, 0.2) is 66.7 Å². The van der Waals surface area contributed by atoms with Gasteiger partial charge in [-0.05, 0) is 52.6 Å². The Hall–Kier alpha value is -4.64. The first-order chi connectivity index (χ1) is 17.4. The van der Waals surface area contributed by atoms with E-state index in [4.69, 9.17) is 10.00 Å². The summed E-state index contributed by atoms with van der Waals surface area (Å²) < 4.78 is 21.9. The van der Waals surface area contributed by atoms with E-state index in [0.717, 1.165) is 38.9 Å². The van der Waals surface area contributed by atoms with Crippen LogP contribution in [0.2, 0.25) is 0 Å². The average Bonchev–Trinajstić information content (AvgIpc) is 3.12. The first-order valence-electron chi connectivity index (χ1n) is 11.4. The summed E-state index contributed by atoms with van der Waals surface area (Å²) in [7, 11) is 1.52. The Morgan fingerprint density at radius 3 is 2.83 bits per heavy atom. The summed E-state index contributed by atoms with van der Waals surface area (Å²) in [6, 6.07) is 20.3. The number of nitriles is 1. The van der Waals surface area contributed by atoms with Crippen molar-refractivity contribution in [1.29, 1.82) is 5.26 Å². The van der Waals surface area contributed by atoms with Crippen LogP contribution in [0, 0.1) is 17.1 Å². The molecule has 0 saturated carbocycles. The summed E-state index contributed by atoms with van der Waals surface area (Å²) in [5.41, 5.74) is 6.12. The number of benzene rings is 3. The number of imidazole rings is 1. The van der Waals surface area contributed by atoms with Crippen LogP contribution in [-0.4, -0.2) is 32.7 Å². The Morgan fingerprint density at radius 1 is 1.22 bits per heavy atom. The summed E-state index contributed by atoms with van der Waals surface area (Å²) in [6.45, 7) is 0.887. The SMILES string of the molecule is CN(Cc1nc2ccccc2n1Cc1ccc2c(c1)COc1cc(F)ccc1C2=CCC#N)C(=O)O. The third-order valence-electron chi connectivity index (χ3n) is 6.25. The van der Waals surface area contributed by atoms with E-state index >= 15 is 0 Å². The number of carboxylic acid groups (broad SMARTS) is 1. The molecule has 0 spiro atoms. The molecular formula is C28H23FN4O3. The summed E-state index contributed by atoms with van der Waals surface area (Å²) >= 11 is 0. The summed E-state index contributed by atoms with van der Waals surface area (Å²) in [5.74, 6) is 0.701. The molecule has 1 aliphatic rings. The van der Waals surface area contributed by atoms with E-state index in [1.54, 1.807) is 6.07 Å². The van der Waals surface area contributed by atoms with Crippen LogP contribution in [-0.2, 0) is 19.7 Å². The van der Waals surface area contributed by atoms with Crippen molar-refractivity contribution in [3.63, 3.8) is 0 Å². The number of allylic oxidation sites excluding steroid dienone is 1. The highest BCUT2D eigenvalue weighted by atomic mass is 19.1. The molecule has 1 aliphatic heterocycles. The monoisotopic (exact) mass is 482 g/mol. The number of fused-ring (bicyclic) bond motifs is 3. The summed E-state index contributed by atoms with van der Waals surface area (Å²) in [6.07, 6.45) is 1.03. The van der Waals surface area contributed by atoms with E-state index in [-0.39, 0.29) is 25.4 Å². The maximum absolute atomic E-state index is 13.9. The lowest BCUT2D eigenvalue weighted by Crippen LogP contribution is -2.26. The first kappa shape index (κ1) is 23.1. The number of hydrogen-bond donors (Lipinski definition) is 1. The van der Waals surface area contributed by atoms with Crippen LogP contribution >= 0.6 is 0 Å². The minimum absolute atomic E-state index is 0.153. The number of amides is 1. The molecule has 5 rings (SSSR count). The molecule has 1 aromatic heterocycles. The van der Waals surface area contributed by atoms with Gasteiger partial charge in [-0.15, -0.1) is 0 Å². The fourth-order valence-electron chi connectivity index (χ4n) is 4.52. The molecule has 8 heteroatoms. The van der Waals surface area contributed by atoms with E-state index < -0.39 is 6.09 Å². The average molecular weight is 483 g/mol. The second-order valence-electron chi connectivity index (χ2n) is 8.64. The van der Waals surface area contributed by atoms with Crippen molar-refractivity contribution in [3.05, 3.63) is 101 Å². The van der Waals surface area contributed by atoms with Crippen LogP contribution in [0.5, 0.6) is 5.75 Å². The number of hydrogen-bond acceptors (Lipinski definition) is 4. The lowest BCUT2D eigenvalue weighted by Gasteiger charge is -2.16. The van der Waals surface area contributed by atoms with Crippen molar-refractivity contribution < 1.29 is 19.0 Å². The molecule has 36 heavy (non-hydrogen) atoms. The molecule has 0 atom stereocenters. The zero-order chi connectivity index (χ0) is 25.2. The molecule has 0 fully saturated rings. The van der Waals surface area contributed by atoms with Gasteiger partial charge >= 0.3 is 6.09 Å². The molecule has 1 amide bonds. The van der Waals surface area contributed by atoms with Crippen molar-refractivity contribution >= 4 is 22.7 Å². The van der Waals surface area contributed by atoms with Crippen LogP contribution in [0.1, 0.15) is 34.5 Å². The second kappa shape index (κ2) is 9.55. The highest BCUT2D eigenvalue weighted by Crippen LogP contribution is 2.38. The maximum atomic E-state index is 13.9. The van der Waals surface area contributed by atoms with Gasteiger partial charge in [0, 0.05) is 25.2 Å². The molecule has 7 nitrogen and oxygen atoms in total. The highest BCUT2D eigenvalue weighted by molar-refractivity contribution is 5.85. The third kappa shape index (κ3) is 4.39. The quantitative estimate of drug-likeness (QED) is 0.402. The van der Waals surface area contributed by atoms with Gasteiger partial charge in [-0.25, -0.2) is 14.2 Å². The normalized spacial score (nSPS) is 13.4. The number of para-hydroxylation sites is 2. The molecule has 0 saturated heterocycles. The van der Waals surface area contributed by atoms with Gasteiger partial charge in [-0.1, -0.05) is 30.3 Å². The Kier molecular flexibility index (Phi) is 6.13. The predicted octanol–water partition coefficient (Wildman–Crippen LogP) is 5.57. The van der Waals surface area contributed by atoms with Crippen LogP contribution in [0.25, 0.3) is 16.6 Å². The molecule has 3 aromatic carbocycles. The summed E-state index contributed by atoms with van der Waals surface area (Å²) in [4.78, 5) is 17.3. The number of aromatic nitrogens is 2. The Morgan fingerprint density at radius 2 is 2.03 bits per heavy atom. The standard InChI is InChI=1S/C28H23FN4O3/c1-32(28(34)35)16-27-31-24-6-2-3-7-25(24)33(27)15-18-8-10-21-19(13-18)17-36-26-14-20(29)9-11-23(26)22(21)5-4-12-30/h2-3,5-11,13-14H,4,15-17H2,1H3,(H,34,35). The number of ether oxygens (including phenoxy) is 1. The minimum Gasteiger partial charge on any atom is -0.488 e. The zero-order valence-electron chi connectivity index (χ0n) is 19.6. The van der Waals surface area contributed by atoms with Crippen molar-refractivity contribution in [2.45, 2.75) is 26.1 Å². The third-order valence-corrected chi connectivity index (χ3v) is 6.25. The van der Waals surface area contributed by atoms with E-state index in [9.17, 15) is 14.3 Å². The minimum atomic E-state index is -1.02. The number of nitrogens with zero attached hydrogens (tertiary/aromatic N) is 4. The van der Waals surface area contributed by atoms with Crippen LogP contribution in [0.4, 0.5) is 9.18 Å². The van der Waals surface area contributed by atoms with Gasteiger partial charge in [0.1, 0.15) is 24.0 Å². The van der Waals surface area contributed by atoms with Crippen molar-refractivity contribution in [3.8, 4) is 11.8 Å². The molecule has 0 unspecified atom stereocenters. The largest absolute Gasteiger partial charge is 0.488 e. The van der Waals surface area contributed by atoms with Gasteiger partial charge in [0.2, 0.25) is 0 Å². The molecule has 180 valence electrons. The lowest BCUT2D eigenvalue weighted by molar-refractivity contribution is 0.152. The number of halogens is 1. The summed E-state index contributed by atoms with van der Waals surface area (Å²) in [5, 5.41) is 18.5. The molecule has 0 radical (unpaired) electrons. The van der Waals surface area contributed by atoms with E-state index in [1.807, 2.05) is 53.1 Å². The van der Waals surface area contributed by atoms with Gasteiger partial charge < -0.3 is 19.3 Å². The van der Waals surface area contributed by atoms with Gasteiger partial charge in [0.05, 0.1) is 30.1 Å². The molecule has 1 N–H and O–H groups in total. The van der Waals surface area contributed by atoms with Gasteiger partial charge in [0.25, 0.3) is 0 Å². The number of carbonyl (C=O) groups is 1. The first-order valence-corrected chi connectivity index (χ1v) is 11.4. The van der Waals surface area contributed by atoms with E-state index in [1.165, 1.54) is 24.1 Å². The smallest absolute Gasteiger partial charge is 0.407 e. The number of rotatable bonds is 5.